The molecular formula is C30H32N2O7. The molecule has 1 atom stereocenters. The van der Waals surface area contributed by atoms with Gasteiger partial charge in [0, 0.05) is 24.9 Å². The van der Waals surface area contributed by atoms with Gasteiger partial charge in [-0.15, -0.1) is 0 Å². The number of carboxylic acids is 2. The monoisotopic (exact) mass is 532 g/mol. The van der Waals surface area contributed by atoms with E-state index < -0.39 is 11.9 Å². The minimum Gasteiger partial charge on any atom is -0.497 e. The summed E-state index contributed by atoms with van der Waals surface area (Å²) in [5.74, 6) is -0.960. The third kappa shape index (κ3) is 8.72. The number of ether oxygens (including phenoxy) is 2. The largest absolute Gasteiger partial charge is 0.497 e. The summed E-state index contributed by atoms with van der Waals surface area (Å²) in [6.45, 7) is 1.69. The summed E-state index contributed by atoms with van der Waals surface area (Å²) in [6, 6.07) is 23.4. The molecule has 0 radical (unpaired) electrons. The van der Waals surface area contributed by atoms with Crippen molar-refractivity contribution in [1.82, 2.24) is 4.90 Å². The van der Waals surface area contributed by atoms with E-state index in [4.69, 9.17) is 29.3 Å². The second-order valence-corrected chi connectivity index (χ2v) is 9.20. The van der Waals surface area contributed by atoms with Gasteiger partial charge in [0.2, 0.25) is 0 Å². The standard InChI is InChI=1S/C28H30N2O3.C2H2O4/c1-29(2)19-22-18-23-6-4-5-7-27(23)30(20-22)28(31)17-10-21-8-11-25(12-9-21)33-26-15-13-24(32-3)14-16-26;3-1(4)2(5)6/h4-17,22H,18-20H2,1-3H3;(H,3,4)(H,5,6). The lowest BCUT2D eigenvalue weighted by Gasteiger charge is -2.35. The number of carbonyl (C=O) groups is 3. The number of carbonyl (C=O) groups excluding carboxylic acids is 1. The average Bonchev–Trinajstić information content (AvgIpc) is 2.92. The van der Waals surface area contributed by atoms with Crippen LogP contribution in [0, 0.1) is 5.92 Å². The number of rotatable bonds is 7. The molecule has 1 amide bonds. The van der Waals surface area contributed by atoms with Crippen molar-refractivity contribution in [3.05, 3.63) is 90.0 Å². The van der Waals surface area contributed by atoms with Crippen LogP contribution in [-0.2, 0) is 20.8 Å². The lowest BCUT2D eigenvalue weighted by molar-refractivity contribution is -0.159. The predicted molar refractivity (Wildman–Crippen MR) is 148 cm³/mol. The smallest absolute Gasteiger partial charge is 0.414 e. The molecule has 0 saturated heterocycles. The van der Waals surface area contributed by atoms with Gasteiger partial charge in [0.05, 0.1) is 7.11 Å². The summed E-state index contributed by atoms with van der Waals surface area (Å²) in [5, 5.41) is 14.8. The summed E-state index contributed by atoms with van der Waals surface area (Å²) < 4.78 is 11.0. The van der Waals surface area contributed by atoms with Gasteiger partial charge in [-0.05, 0) is 86.1 Å². The summed E-state index contributed by atoms with van der Waals surface area (Å²) in [6.07, 6.45) is 4.52. The molecule has 0 aliphatic carbocycles. The number of aliphatic carboxylic acids is 2. The number of carboxylic acid groups (broad SMARTS) is 2. The summed E-state index contributed by atoms with van der Waals surface area (Å²) >= 11 is 0. The summed E-state index contributed by atoms with van der Waals surface area (Å²) in [7, 11) is 5.79. The van der Waals surface area contributed by atoms with Crippen molar-refractivity contribution in [2.75, 3.05) is 39.2 Å². The highest BCUT2D eigenvalue weighted by atomic mass is 16.5. The molecule has 1 aliphatic rings. The van der Waals surface area contributed by atoms with Crippen molar-refractivity contribution in [2.45, 2.75) is 6.42 Å². The van der Waals surface area contributed by atoms with Gasteiger partial charge in [0.25, 0.3) is 5.91 Å². The molecule has 0 aromatic heterocycles. The maximum atomic E-state index is 13.1. The zero-order valence-corrected chi connectivity index (χ0v) is 22.1. The van der Waals surface area contributed by atoms with Crippen LogP contribution >= 0.6 is 0 Å². The lowest BCUT2D eigenvalue weighted by Crippen LogP contribution is -2.42. The fourth-order valence-corrected chi connectivity index (χ4v) is 4.21. The highest BCUT2D eigenvalue weighted by Crippen LogP contribution is 2.30. The first-order chi connectivity index (χ1) is 18.7. The van der Waals surface area contributed by atoms with Crippen molar-refractivity contribution in [2.24, 2.45) is 5.92 Å². The molecule has 1 aliphatic heterocycles. The molecule has 39 heavy (non-hydrogen) atoms. The van der Waals surface area contributed by atoms with E-state index in [0.29, 0.717) is 5.92 Å². The number of para-hydroxylation sites is 1. The Morgan fingerprint density at radius 3 is 2.03 bits per heavy atom. The van der Waals surface area contributed by atoms with Crippen LogP contribution in [0.25, 0.3) is 6.08 Å². The first-order valence-electron chi connectivity index (χ1n) is 12.3. The van der Waals surface area contributed by atoms with E-state index in [0.717, 1.165) is 48.0 Å². The Morgan fingerprint density at radius 1 is 0.897 bits per heavy atom. The molecule has 0 spiro atoms. The Kier molecular flexibility index (Phi) is 10.2. The van der Waals surface area contributed by atoms with Gasteiger partial charge in [0.15, 0.2) is 0 Å². The van der Waals surface area contributed by atoms with Crippen molar-refractivity contribution in [1.29, 1.82) is 0 Å². The molecular weight excluding hydrogens is 500 g/mol. The molecule has 0 saturated carbocycles. The first-order valence-corrected chi connectivity index (χ1v) is 12.3. The van der Waals surface area contributed by atoms with Crippen LogP contribution in [-0.4, -0.2) is 67.3 Å². The molecule has 3 aromatic rings. The topological polar surface area (TPSA) is 117 Å². The Balaban J connectivity index is 0.000000631. The van der Waals surface area contributed by atoms with E-state index in [1.54, 1.807) is 13.2 Å². The maximum absolute atomic E-state index is 13.1. The van der Waals surface area contributed by atoms with Crippen LogP contribution in [0.1, 0.15) is 11.1 Å². The second-order valence-electron chi connectivity index (χ2n) is 9.20. The Morgan fingerprint density at radius 2 is 1.46 bits per heavy atom. The van der Waals surface area contributed by atoms with E-state index in [9.17, 15) is 4.79 Å². The number of anilines is 1. The number of benzene rings is 3. The molecule has 0 bridgehead atoms. The van der Waals surface area contributed by atoms with Gasteiger partial charge in [-0.3, -0.25) is 4.79 Å². The van der Waals surface area contributed by atoms with Gasteiger partial charge in [-0.1, -0.05) is 30.3 Å². The van der Waals surface area contributed by atoms with Crippen LogP contribution in [0.4, 0.5) is 5.69 Å². The van der Waals surface area contributed by atoms with Crippen molar-refractivity contribution >= 4 is 29.6 Å². The van der Waals surface area contributed by atoms with Crippen LogP contribution in [0.5, 0.6) is 17.2 Å². The Labute approximate surface area is 227 Å². The highest BCUT2D eigenvalue weighted by Gasteiger charge is 2.27. The number of methoxy groups -OCH3 is 1. The van der Waals surface area contributed by atoms with Crippen LogP contribution in [0.3, 0.4) is 0 Å². The minimum absolute atomic E-state index is 0.00413. The SMILES string of the molecule is COc1ccc(Oc2ccc(C=CC(=O)N3CC(CN(C)C)Cc4ccccc43)cc2)cc1.O=C(O)C(=O)O. The maximum Gasteiger partial charge on any atom is 0.414 e. The third-order valence-corrected chi connectivity index (χ3v) is 5.90. The van der Waals surface area contributed by atoms with Gasteiger partial charge < -0.3 is 29.5 Å². The van der Waals surface area contributed by atoms with E-state index in [1.165, 1.54) is 5.56 Å². The number of hydrogen-bond donors (Lipinski definition) is 2. The summed E-state index contributed by atoms with van der Waals surface area (Å²) in [5.41, 5.74) is 3.20. The fraction of sp³-hybridized carbons (Fsp3) is 0.233. The molecule has 9 nitrogen and oxygen atoms in total. The fourth-order valence-electron chi connectivity index (χ4n) is 4.21. The number of nitrogens with zero attached hydrogens (tertiary/aromatic N) is 2. The third-order valence-electron chi connectivity index (χ3n) is 5.90. The normalized spacial score (nSPS) is 14.3. The van der Waals surface area contributed by atoms with E-state index in [2.05, 4.69) is 25.1 Å². The van der Waals surface area contributed by atoms with Crippen molar-refractivity contribution < 1.29 is 34.1 Å². The Bertz CT molecular complexity index is 1290. The first kappa shape index (κ1) is 28.9. The van der Waals surface area contributed by atoms with Gasteiger partial charge >= 0.3 is 11.9 Å². The highest BCUT2D eigenvalue weighted by molar-refractivity contribution is 6.27. The molecule has 0 fully saturated rings. The van der Waals surface area contributed by atoms with Gasteiger partial charge in [-0.25, -0.2) is 9.59 Å². The molecule has 1 unspecified atom stereocenters. The predicted octanol–water partition coefficient (Wildman–Crippen LogP) is 4.42. The van der Waals surface area contributed by atoms with Gasteiger partial charge in [-0.2, -0.15) is 0 Å². The second kappa shape index (κ2) is 13.8. The van der Waals surface area contributed by atoms with Crippen molar-refractivity contribution in [3.8, 4) is 17.2 Å². The van der Waals surface area contributed by atoms with E-state index >= 15 is 0 Å². The average molecular weight is 533 g/mol. The van der Waals surface area contributed by atoms with Crippen LogP contribution in [0.15, 0.2) is 78.9 Å². The minimum atomic E-state index is -1.82. The molecule has 3 aromatic carbocycles. The zero-order valence-electron chi connectivity index (χ0n) is 22.1. The molecule has 2 N–H and O–H groups in total. The molecule has 204 valence electrons. The molecule has 4 rings (SSSR count). The molecule has 1 heterocycles. The Hall–Kier alpha value is -4.63. The molecule has 9 heteroatoms. The van der Waals surface area contributed by atoms with Crippen LogP contribution in [0.2, 0.25) is 0 Å². The van der Waals surface area contributed by atoms with E-state index in [1.807, 2.05) is 77.7 Å². The number of fused-ring (bicyclic) bond motifs is 1. The number of amides is 1. The zero-order chi connectivity index (χ0) is 28.4. The summed E-state index contributed by atoms with van der Waals surface area (Å²) in [4.78, 5) is 35.4. The lowest BCUT2D eigenvalue weighted by atomic mass is 9.92. The quantitative estimate of drug-likeness (QED) is 0.339. The van der Waals surface area contributed by atoms with Crippen molar-refractivity contribution in [3.63, 3.8) is 0 Å². The van der Waals surface area contributed by atoms with Gasteiger partial charge in [0.1, 0.15) is 17.2 Å². The van der Waals surface area contributed by atoms with Crippen LogP contribution < -0.4 is 14.4 Å². The van der Waals surface area contributed by atoms with E-state index in [-0.39, 0.29) is 5.91 Å². The number of hydrogen-bond acceptors (Lipinski definition) is 6.